The van der Waals surface area contributed by atoms with Crippen molar-refractivity contribution in [3.63, 3.8) is 0 Å². The number of hydrogen-bond acceptors (Lipinski definition) is 4. The van der Waals surface area contributed by atoms with E-state index in [9.17, 15) is 9.59 Å². The Morgan fingerprint density at radius 2 is 1.86 bits per heavy atom. The molecule has 120 valence electrons. The van der Waals surface area contributed by atoms with Crippen molar-refractivity contribution in [1.29, 1.82) is 0 Å². The minimum absolute atomic E-state index is 0.0127. The number of methoxy groups -OCH3 is 2. The molecule has 0 aromatic heterocycles. The number of nitrogens with zero attached hydrogens (tertiary/aromatic N) is 1. The third-order valence-electron chi connectivity index (χ3n) is 4.04. The van der Waals surface area contributed by atoms with E-state index in [0.29, 0.717) is 43.0 Å². The SMILES string of the molecule is CNC(=O)C1CCN(C(=O)c2cc(OC)ccc2OC)CC1. The van der Waals surface area contributed by atoms with Crippen molar-refractivity contribution in [3.05, 3.63) is 23.8 Å². The van der Waals surface area contributed by atoms with Gasteiger partial charge in [-0.1, -0.05) is 0 Å². The zero-order valence-electron chi connectivity index (χ0n) is 13.2. The number of rotatable bonds is 4. The van der Waals surface area contributed by atoms with Crippen LogP contribution in [0.15, 0.2) is 18.2 Å². The maximum Gasteiger partial charge on any atom is 0.257 e. The lowest BCUT2D eigenvalue weighted by molar-refractivity contribution is -0.125. The number of ether oxygens (including phenoxy) is 2. The van der Waals surface area contributed by atoms with Crippen molar-refractivity contribution < 1.29 is 19.1 Å². The molecule has 1 saturated heterocycles. The quantitative estimate of drug-likeness (QED) is 0.910. The van der Waals surface area contributed by atoms with E-state index in [1.54, 1.807) is 37.3 Å². The second kappa shape index (κ2) is 7.15. The lowest BCUT2D eigenvalue weighted by Crippen LogP contribution is -2.42. The molecule has 0 aliphatic carbocycles. The fraction of sp³-hybridized carbons (Fsp3) is 0.500. The van der Waals surface area contributed by atoms with Gasteiger partial charge in [0.1, 0.15) is 11.5 Å². The number of carbonyl (C=O) groups excluding carboxylic acids is 2. The molecule has 0 unspecified atom stereocenters. The highest BCUT2D eigenvalue weighted by Crippen LogP contribution is 2.27. The van der Waals surface area contributed by atoms with E-state index >= 15 is 0 Å². The standard InChI is InChI=1S/C16H22N2O4/c1-17-15(19)11-6-8-18(9-7-11)16(20)13-10-12(21-2)4-5-14(13)22-3/h4-5,10-11H,6-9H2,1-3H3,(H,17,19). The fourth-order valence-electron chi connectivity index (χ4n) is 2.70. The van der Waals surface area contributed by atoms with Gasteiger partial charge in [0, 0.05) is 26.1 Å². The van der Waals surface area contributed by atoms with Gasteiger partial charge in [0.25, 0.3) is 5.91 Å². The highest BCUT2D eigenvalue weighted by atomic mass is 16.5. The van der Waals surface area contributed by atoms with Gasteiger partial charge in [-0.2, -0.15) is 0 Å². The van der Waals surface area contributed by atoms with Crippen LogP contribution in [0.4, 0.5) is 0 Å². The Labute approximate surface area is 130 Å². The van der Waals surface area contributed by atoms with Crippen molar-refractivity contribution in [2.24, 2.45) is 5.92 Å². The minimum atomic E-state index is -0.0916. The Balaban J connectivity index is 2.11. The lowest BCUT2D eigenvalue weighted by atomic mass is 9.95. The molecule has 0 atom stereocenters. The predicted octanol–water partition coefficient (Wildman–Crippen LogP) is 1.30. The van der Waals surface area contributed by atoms with Gasteiger partial charge >= 0.3 is 0 Å². The molecule has 1 aromatic rings. The van der Waals surface area contributed by atoms with Crippen LogP contribution in [0.3, 0.4) is 0 Å². The first-order valence-corrected chi connectivity index (χ1v) is 7.33. The summed E-state index contributed by atoms with van der Waals surface area (Å²) in [6.45, 7) is 1.13. The van der Waals surface area contributed by atoms with Gasteiger partial charge in [-0.05, 0) is 31.0 Å². The first-order chi connectivity index (χ1) is 10.6. The van der Waals surface area contributed by atoms with Crippen LogP contribution in [0.25, 0.3) is 0 Å². The number of carbonyl (C=O) groups is 2. The number of hydrogen-bond donors (Lipinski definition) is 1. The smallest absolute Gasteiger partial charge is 0.257 e. The predicted molar refractivity (Wildman–Crippen MR) is 82.2 cm³/mol. The fourth-order valence-corrected chi connectivity index (χ4v) is 2.70. The second-order valence-electron chi connectivity index (χ2n) is 5.25. The van der Waals surface area contributed by atoms with E-state index in [0.717, 1.165) is 0 Å². The Hall–Kier alpha value is -2.24. The van der Waals surface area contributed by atoms with E-state index in [-0.39, 0.29) is 17.7 Å². The molecule has 1 aromatic carbocycles. The van der Waals surface area contributed by atoms with Crippen molar-refractivity contribution >= 4 is 11.8 Å². The summed E-state index contributed by atoms with van der Waals surface area (Å²) < 4.78 is 10.4. The number of amides is 2. The molecule has 2 amide bonds. The molecule has 0 bridgehead atoms. The van der Waals surface area contributed by atoms with Gasteiger partial charge in [0.2, 0.25) is 5.91 Å². The maximum absolute atomic E-state index is 12.7. The van der Waals surface area contributed by atoms with Gasteiger partial charge in [-0.25, -0.2) is 0 Å². The summed E-state index contributed by atoms with van der Waals surface area (Å²) in [6, 6.07) is 5.17. The molecule has 1 heterocycles. The molecule has 1 aliphatic heterocycles. The van der Waals surface area contributed by atoms with Crippen LogP contribution < -0.4 is 14.8 Å². The number of benzene rings is 1. The van der Waals surface area contributed by atoms with Crippen molar-refractivity contribution in [2.45, 2.75) is 12.8 Å². The van der Waals surface area contributed by atoms with Crippen molar-refractivity contribution in [3.8, 4) is 11.5 Å². The summed E-state index contributed by atoms with van der Waals surface area (Å²) in [6.07, 6.45) is 1.36. The summed E-state index contributed by atoms with van der Waals surface area (Å²) in [5.41, 5.74) is 0.486. The second-order valence-corrected chi connectivity index (χ2v) is 5.25. The highest BCUT2D eigenvalue weighted by Gasteiger charge is 2.28. The molecule has 1 fully saturated rings. The molecule has 6 heteroatoms. The van der Waals surface area contributed by atoms with Crippen LogP contribution in [-0.4, -0.2) is 51.1 Å². The van der Waals surface area contributed by atoms with Crippen molar-refractivity contribution in [1.82, 2.24) is 10.2 Å². The molecule has 0 spiro atoms. The van der Waals surface area contributed by atoms with Gasteiger partial charge in [-0.15, -0.1) is 0 Å². The van der Waals surface area contributed by atoms with Crippen LogP contribution in [0.5, 0.6) is 11.5 Å². The highest BCUT2D eigenvalue weighted by molar-refractivity contribution is 5.97. The first kappa shape index (κ1) is 16.1. The van der Waals surface area contributed by atoms with E-state index in [1.165, 1.54) is 7.11 Å². The molecule has 6 nitrogen and oxygen atoms in total. The zero-order chi connectivity index (χ0) is 16.1. The van der Waals surface area contributed by atoms with Gasteiger partial charge in [0.05, 0.1) is 19.8 Å². The molecular formula is C16H22N2O4. The van der Waals surface area contributed by atoms with Crippen LogP contribution in [-0.2, 0) is 4.79 Å². The van der Waals surface area contributed by atoms with Crippen LogP contribution in [0, 0.1) is 5.92 Å². The number of nitrogens with one attached hydrogen (secondary N) is 1. The van der Waals surface area contributed by atoms with Gasteiger partial charge in [0.15, 0.2) is 0 Å². The molecule has 0 saturated carbocycles. The van der Waals surface area contributed by atoms with Crippen LogP contribution >= 0.6 is 0 Å². The largest absolute Gasteiger partial charge is 0.497 e. The van der Waals surface area contributed by atoms with E-state index in [1.807, 2.05) is 0 Å². The third kappa shape index (κ3) is 3.32. The first-order valence-electron chi connectivity index (χ1n) is 7.33. The molecule has 0 radical (unpaired) electrons. The molecule has 22 heavy (non-hydrogen) atoms. The lowest BCUT2D eigenvalue weighted by Gasteiger charge is -2.31. The Morgan fingerprint density at radius 1 is 1.18 bits per heavy atom. The number of piperidine rings is 1. The van der Waals surface area contributed by atoms with Crippen LogP contribution in [0.1, 0.15) is 23.2 Å². The number of likely N-dealkylation sites (tertiary alicyclic amines) is 1. The third-order valence-corrected chi connectivity index (χ3v) is 4.04. The van der Waals surface area contributed by atoms with Gasteiger partial charge in [-0.3, -0.25) is 9.59 Å². The van der Waals surface area contributed by atoms with E-state index in [2.05, 4.69) is 5.32 Å². The summed E-state index contributed by atoms with van der Waals surface area (Å²) in [7, 11) is 4.74. The van der Waals surface area contributed by atoms with E-state index < -0.39 is 0 Å². The Bertz CT molecular complexity index is 551. The minimum Gasteiger partial charge on any atom is -0.497 e. The van der Waals surface area contributed by atoms with Crippen molar-refractivity contribution in [2.75, 3.05) is 34.4 Å². The summed E-state index contributed by atoms with van der Waals surface area (Å²) in [5, 5.41) is 2.66. The summed E-state index contributed by atoms with van der Waals surface area (Å²) in [5.74, 6) is 1.09. The normalized spacial score (nSPS) is 15.3. The average molecular weight is 306 g/mol. The van der Waals surface area contributed by atoms with Crippen LogP contribution in [0.2, 0.25) is 0 Å². The monoisotopic (exact) mass is 306 g/mol. The molecule has 1 aliphatic rings. The topological polar surface area (TPSA) is 67.9 Å². The Kier molecular flexibility index (Phi) is 5.25. The zero-order valence-corrected chi connectivity index (χ0v) is 13.2. The Morgan fingerprint density at radius 3 is 2.41 bits per heavy atom. The summed E-state index contributed by atoms with van der Waals surface area (Å²) in [4.78, 5) is 26.1. The summed E-state index contributed by atoms with van der Waals surface area (Å²) >= 11 is 0. The molecular weight excluding hydrogens is 284 g/mol. The van der Waals surface area contributed by atoms with Gasteiger partial charge < -0.3 is 19.7 Å². The maximum atomic E-state index is 12.7. The molecule has 2 rings (SSSR count). The van der Waals surface area contributed by atoms with E-state index in [4.69, 9.17) is 9.47 Å². The average Bonchev–Trinajstić information content (AvgIpc) is 2.59. The molecule has 1 N–H and O–H groups in total.